The van der Waals surface area contributed by atoms with Crippen molar-refractivity contribution in [3.63, 3.8) is 0 Å². The highest BCUT2D eigenvalue weighted by atomic mass is 31.1. The van der Waals surface area contributed by atoms with Crippen LogP contribution in [0.15, 0.2) is 12.7 Å². The Hall–Kier alpha value is -0.930. The van der Waals surface area contributed by atoms with Crippen LogP contribution in [0, 0.1) is 11.8 Å². The molecule has 0 bridgehead atoms. The number of ether oxygens (including phenoxy) is 1. The number of rotatable bonds is 11. The van der Waals surface area contributed by atoms with Crippen LogP contribution in [-0.4, -0.2) is 36.7 Å². The second-order valence-corrected chi connectivity index (χ2v) is 7.02. The number of carbonyl (C=O) groups is 2. The average molecular weight is 304 g/mol. The molecule has 0 aromatic heterocycles. The summed E-state index contributed by atoms with van der Waals surface area (Å²) in [7, 11) is -0.593. The van der Waals surface area contributed by atoms with Crippen LogP contribution in [0.5, 0.6) is 0 Å². The largest absolute Gasteiger partial charge is 0.481 e. The third-order valence-electron chi connectivity index (χ3n) is 2.73. The van der Waals surface area contributed by atoms with E-state index in [1.165, 1.54) is 6.08 Å². The molecule has 0 aliphatic rings. The van der Waals surface area contributed by atoms with Gasteiger partial charge >= 0.3 is 11.9 Å². The number of carbonyl (C=O) groups excluding carboxylic acids is 1. The molecule has 0 saturated heterocycles. The van der Waals surface area contributed by atoms with Gasteiger partial charge in [0, 0.05) is 8.15 Å². The molecule has 0 rings (SSSR count). The molecule has 0 saturated carbocycles. The first-order valence-corrected chi connectivity index (χ1v) is 8.59. The van der Waals surface area contributed by atoms with E-state index >= 15 is 0 Å². The van der Waals surface area contributed by atoms with Gasteiger partial charge in [-0.05, 0) is 31.6 Å². The number of carboxylic acids is 1. The van der Waals surface area contributed by atoms with E-state index in [9.17, 15) is 9.59 Å². The summed E-state index contributed by atoms with van der Waals surface area (Å²) in [6.07, 6.45) is 3.63. The van der Waals surface area contributed by atoms with Crippen molar-refractivity contribution in [3.05, 3.63) is 12.7 Å². The van der Waals surface area contributed by atoms with Gasteiger partial charge in [-0.2, -0.15) is 0 Å². The number of carboxylic acid groups (broad SMARTS) is 1. The van der Waals surface area contributed by atoms with Crippen LogP contribution in [0.25, 0.3) is 0 Å². The van der Waals surface area contributed by atoms with Crippen LogP contribution < -0.4 is 0 Å². The number of hydrogen-bond donors (Lipinski definition) is 1. The molecular formula is C14H25O5P. The molecule has 0 aromatic rings. The molecule has 6 heteroatoms. The zero-order chi connectivity index (χ0) is 15.5. The maximum Gasteiger partial charge on any atom is 0.308 e. The van der Waals surface area contributed by atoms with Crippen molar-refractivity contribution in [2.24, 2.45) is 11.8 Å². The number of allylic oxidation sites excluding steroid dienone is 1. The van der Waals surface area contributed by atoms with E-state index in [4.69, 9.17) is 14.4 Å². The van der Waals surface area contributed by atoms with Crippen LogP contribution in [0.1, 0.15) is 33.1 Å². The van der Waals surface area contributed by atoms with Crippen molar-refractivity contribution in [1.82, 2.24) is 0 Å². The molecule has 2 atom stereocenters. The molecule has 1 N–H and O–H groups in total. The molecule has 0 heterocycles. The molecule has 0 radical (unpaired) electrons. The fourth-order valence-electron chi connectivity index (χ4n) is 1.42. The first-order chi connectivity index (χ1) is 9.36. The average Bonchev–Trinajstić information content (AvgIpc) is 2.35. The maximum atomic E-state index is 11.5. The summed E-state index contributed by atoms with van der Waals surface area (Å²) in [4.78, 5) is 22.4. The van der Waals surface area contributed by atoms with E-state index in [0.717, 1.165) is 12.6 Å². The Labute approximate surface area is 122 Å². The van der Waals surface area contributed by atoms with Gasteiger partial charge < -0.3 is 14.4 Å². The van der Waals surface area contributed by atoms with Gasteiger partial charge in [-0.1, -0.05) is 19.9 Å². The fourth-order valence-corrected chi connectivity index (χ4v) is 2.66. The minimum absolute atomic E-state index is 0.0977. The van der Waals surface area contributed by atoms with Crippen LogP contribution in [-0.2, 0) is 18.8 Å². The summed E-state index contributed by atoms with van der Waals surface area (Å²) in [5, 5.41) is 8.91. The molecule has 0 fully saturated rings. The maximum absolute atomic E-state index is 11.5. The minimum Gasteiger partial charge on any atom is -0.481 e. The fraction of sp³-hybridized carbons (Fsp3) is 0.714. The highest BCUT2D eigenvalue weighted by Gasteiger charge is 2.20. The topological polar surface area (TPSA) is 72.8 Å². The Morgan fingerprint density at radius 2 is 2.05 bits per heavy atom. The number of esters is 1. The van der Waals surface area contributed by atoms with Crippen LogP contribution >= 0.6 is 8.15 Å². The van der Waals surface area contributed by atoms with Crippen LogP contribution in [0.3, 0.4) is 0 Å². The minimum atomic E-state index is -1.02. The molecule has 0 aliphatic carbocycles. The van der Waals surface area contributed by atoms with Gasteiger partial charge in [0.2, 0.25) is 0 Å². The van der Waals surface area contributed by atoms with Crippen molar-refractivity contribution < 1.29 is 24.0 Å². The number of aliphatic carboxylic acids is 1. The van der Waals surface area contributed by atoms with E-state index in [0.29, 0.717) is 5.92 Å². The van der Waals surface area contributed by atoms with Crippen LogP contribution in [0.2, 0.25) is 0 Å². The Morgan fingerprint density at radius 3 is 2.55 bits per heavy atom. The molecule has 2 unspecified atom stereocenters. The lowest BCUT2D eigenvalue weighted by atomic mass is 10.0. The second kappa shape index (κ2) is 10.8. The standard InChI is InChI=1S/C14H25O5P/c1-5-6-12(14(16)17)9-13(15)18-10-19-20(4)8-7-11(2)3/h5,11-12H,1,6-10H2,2-4H3,(H,16,17). The van der Waals surface area contributed by atoms with Crippen molar-refractivity contribution in [3.8, 4) is 0 Å². The van der Waals surface area contributed by atoms with Crippen molar-refractivity contribution >= 4 is 20.1 Å². The Kier molecular flexibility index (Phi) is 10.3. The Morgan fingerprint density at radius 1 is 1.40 bits per heavy atom. The summed E-state index contributed by atoms with van der Waals surface area (Å²) in [6, 6.07) is 0. The summed E-state index contributed by atoms with van der Waals surface area (Å²) in [6.45, 7) is 9.66. The van der Waals surface area contributed by atoms with E-state index in [2.05, 4.69) is 20.4 Å². The molecule has 0 aliphatic heterocycles. The van der Waals surface area contributed by atoms with Gasteiger partial charge in [0.25, 0.3) is 0 Å². The van der Waals surface area contributed by atoms with E-state index in [1.54, 1.807) is 0 Å². The van der Waals surface area contributed by atoms with Gasteiger partial charge in [0.15, 0.2) is 6.79 Å². The second-order valence-electron chi connectivity index (χ2n) is 5.06. The Bertz CT molecular complexity index is 317. The summed E-state index contributed by atoms with van der Waals surface area (Å²) in [5.74, 6) is -1.71. The zero-order valence-corrected chi connectivity index (χ0v) is 13.4. The van der Waals surface area contributed by atoms with Crippen molar-refractivity contribution in [2.75, 3.05) is 19.6 Å². The molecule has 0 amide bonds. The lowest BCUT2D eigenvalue weighted by molar-refractivity contribution is -0.155. The molecular weight excluding hydrogens is 279 g/mol. The van der Waals surface area contributed by atoms with Gasteiger partial charge in [-0.3, -0.25) is 9.59 Å². The number of hydrogen-bond acceptors (Lipinski definition) is 4. The van der Waals surface area contributed by atoms with E-state index in [-0.39, 0.29) is 19.6 Å². The van der Waals surface area contributed by atoms with Crippen LogP contribution in [0.4, 0.5) is 0 Å². The smallest absolute Gasteiger partial charge is 0.308 e. The summed E-state index contributed by atoms with van der Waals surface area (Å²) >= 11 is 0. The first-order valence-electron chi connectivity index (χ1n) is 6.70. The first kappa shape index (κ1) is 19.1. The van der Waals surface area contributed by atoms with Gasteiger partial charge in [0.1, 0.15) is 0 Å². The normalized spacial score (nSPS) is 13.8. The highest BCUT2D eigenvalue weighted by Crippen LogP contribution is 2.33. The van der Waals surface area contributed by atoms with Gasteiger partial charge in [-0.15, -0.1) is 6.58 Å². The predicted octanol–water partition coefficient (Wildman–Crippen LogP) is 3.24. The Balaban J connectivity index is 3.86. The zero-order valence-electron chi connectivity index (χ0n) is 12.5. The van der Waals surface area contributed by atoms with E-state index < -0.39 is 26.0 Å². The summed E-state index contributed by atoms with van der Waals surface area (Å²) < 4.78 is 10.3. The molecule has 5 nitrogen and oxygen atoms in total. The summed E-state index contributed by atoms with van der Waals surface area (Å²) in [5.41, 5.74) is 0. The lowest BCUT2D eigenvalue weighted by Crippen LogP contribution is -2.19. The third kappa shape index (κ3) is 9.93. The van der Waals surface area contributed by atoms with E-state index in [1.807, 2.05) is 6.66 Å². The predicted molar refractivity (Wildman–Crippen MR) is 79.8 cm³/mol. The van der Waals surface area contributed by atoms with Gasteiger partial charge in [-0.25, -0.2) is 0 Å². The monoisotopic (exact) mass is 304 g/mol. The SMILES string of the molecule is C=CCC(CC(=O)OCOP(C)CCC(C)C)C(=O)O. The molecule has 116 valence electrons. The van der Waals surface area contributed by atoms with Crippen molar-refractivity contribution in [2.45, 2.75) is 33.1 Å². The molecule has 0 aromatic carbocycles. The molecule has 0 spiro atoms. The lowest BCUT2D eigenvalue weighted by Gasteiger charge is -2.15. The third-order valence-corrected chi connectivity index (χ3v) is 4.16. The quantitative estimate of drug-likeness (QED) is 0.274. The highest BCUT2D eigenvalue weighted by molar-refractivity contribution is 7.51. The van der Waals surface area contributed by atoms with Crippen molar-refractivity contribution in [1.29, 1.82) is 0 Å². The molecule has 20 heavy (non-hydrogen) atoms. The van der Waals surface area contributed by atoms with Gasteiger partial charge in [0.05, 0.1) is 12.3 Å².